The number of benzene rings is 2. The lowest BCUT2D eigenvalue weighted by molar-refractivity contribution is 0.261. The van der Waals surface area contributed by atoms with Crippen molar-refractivity contribution in [3.05, 3.63) is 65.4 Å². The van der Waals surface area contributed by atoms with Crippen LogP contribution in [0, 0.1) is 17.7 Å². The smallest absolute Gasteiger partial charge is 0.283 e. The highest BCUT2D eigenvalue weighted by molar-refractivity contribution is 5.78. The van der Waals surface area contributed by atoms with Gasteiger partial charge in [-0.25, -0.2) is 14.4 Å². The van der Waals surface area contributed by atoms with Gasteiger partial charge in [0.2, 0.25) is 0 Å². The molecule has 0 saturated carbocycles. The Morgan fingerprint density at radius 3 is 2.81 bits per heavy atom. The summed E-state index contributed by atoms with van der Waals surface area (Å²) < 4.78 is 31.6. The molecule has 2 aliphatic rings. The largest absolute Gasteiger partial charge is 0.497 e. The Labute approximate surface area is 177 Å². The number of aromatic nitrogens is 2. The zero-order valence-corrected chi connectivity index (χ0v) is 16.8. The van der Waals surface area contributed by atoms with Crippen molar-refractivity contribution in [2.45, 2.75) is 12.5 Å². The van der Waals surface area contributed by atoms with E-state index in [2.05, 4.69) is 26.8 Å². The van der Waals surface area contributed by atoms with Crippen molar-refractivity contribution in [2.24, 2.45) is 10.7 Å². The van der Waals surface area contributed by atoms with Gasteiger partial charge in [-0.15, -0.1) is 0 Å². The van der Waals surface area contributed by atoms with Gasteiger partial charge in [-0.3, -0.25) is 4.98 Å². The minimum atomic E-state index is -1.08. The SMILES string of the molecule is CC#Cc1cncc(-c2ccc3c(c2)[C@@]2(COC(N)=N2)c2cc(OC)cc(F)c2O3)n1. The molecule has 1 aromatic heterocycles. The summed E-state index contributed by atoms with van der Waals surface area (Å²) in [6.07, 6.45) is 3.25. The second-order valence-electron chi connectivity index (χ2n) is 7.06. The summed E-state index contributed by atoms with van der Waals surface area (Å²) in [7, 11) is 1.47. The normalized spacial score (nSPS) is 18.1. The highest BCUT2D eigenvalue weighted by Gasteiger charge is 2.48. The number of nitrogens with two attached hydrogens (primary N) is 1. The maximum atomic E-state index is 14.9. The van der Waals surface area contributed by atoms with Gasteiger partial charge in [0.1, 0.15) is 23.8 Å². The number of nitrogens with zero attached hydrogens (tertiary/aromatic N) is 3. The van der Waals surface area contributed by atoms with Crippen LogP contribution in [0.2, 0.25) is 0 Å². The highest BCUT2D eigenvalue weighted by Crippen LogP contribution is 2.53. The number of rotatable bonds is 2. The summed E-state index contributed by atoms with van der Waals surface area (Å²) in [6, 6.07) is 8.44. The summed E-state index contributed by atoms with van der Waals surface area (Å²) in [5.74, 6) is 6.04. The van der Waals surface area contributed by atoms with Crippen LogP contribution < -0.4 is 15.2 Å². The van der Waals surface area contributed by atoms with Gasteiger partial charge >= 0.3 is 0 Å². The number of methoxy groups -OCH3 is 1. The van der Waals surface area contributed by atoms with Crippen molar-refractivity contribution in [3.63, 3.8) is 0 Å². The molecule has 3 heterocycles. The number of amidine groups is 1. The maximum absolute atomic E-state index is 14.9. The van der Waals surface area contributed by atoms with Gasteiger partial charge in [-0.2, -0.15) is 0 Å². The molecule has 0 unspecified atom stereocenters. The van der Waals surface area contributed by atoms with Gasteiger partial charge in [0.05, 0.1) is 25.2 Å². The van der Waals surface area contributed by atoms with Crippen LogP contribution in [0.3, 0.4) is 0 Å². The minimum Gasteiger partial charge on any atom is -0.497 e. The topological polar surface area (TPSA) is 91.9 Å². The molecule has 0 radical (unpaired) electrons. The lowest BCUT2D eigenvalue weighted by Gasteiger charge is -2.34. The molecule has 1 atom stereocenters. The Kier molecular flexibility index (Phi) is 4.26. The van der Waals surface area contributed by atoms with Crippen LogP contribution in [0.5, 0.6) is 17.2 Å². The predicted molar refractivity (Wildman–Crippen MR) is 111 cm³/mol. The molecule has 0 aliphatic carbocycles. The van der Waals surface area contributed by atoms with E-state index >= 15 is 0 Å². The first-order chi connectivity index (χ1) is 15.0. The fraction of sp³-hybridized carbons (Fsp3) is 0.174. The summed E-state index contributed by atoms with van der Waals surface area (Å²) in [6.45, 7) is 1.84. The van der Waals surface area contributed by atoms with Gasteiger partial charge in [0, 0.05) is 22.8 Å². The number of ether oxygens (including phenoxy) is 3. The second-order valence-corrected chi connectivity index (χ2v) is 7.06. The standard InChI is InChI=1S/C23H17FN4O3/c1-3-4-14-10-26-11-19(27-14)13-5-6-20-16(7-13)23(12-30-22(25)28-23)17-8-15(29-2)9-18(24)21(17)31-20/h5-11H,12H2,1-2H3,(H2,25,28)/t23-/m0/s1. The van der Waals surface area contributed by atoms with Crippen LogP contribution in [0.25, 0.3) is 11.3 Å². The summed E-state index contributed by atoms with van der Waals surface area (Å²) in [5, 5.41) is 0. The van der Waals surface area contributed by atoms with Gasteiger partial charge in [-0.1, -0.05) is 5.92 Å². The molecule has 2 N–H and O–H groups in total. The Morgan fingerprint density at radius 2 is 2.06 bits per heavy atom. The lowest BCUT2D eigenvalue weighted by atomic mass is 9.80. The van der Waals surface area contributed by atoms with Gasteiger partial charge in [0.25, 0.3) is 6.02 Å². The van der Waals surface area contributed by atoms with E-state index in [-0.39, 0.29) is 18.4 Å². The van der Waals surface area contributed by atoms with Crippen molar-refractivity contribution in [1.82, 2.24) is 9.97 Å². The molecule has 0 saturated heterocycles. The molecule has 0 amide bonds. The average molecular weight is 416 g/mol. The van der Waals surface area contributed by atoms with E-state index in [4.69, 9.17) is 19.9 Å². The molecule has 154 valence electrons. The van der Waals surface area contributed by atoms with Crippen molar-refractivity contribution < 1.29 is 18.6 Å². The molecule has 7 nitrogen and oxygen atoms in total. The highest BCUT2D eigenvalue weighted by atomic mass is 19.1. The zero-order chi connectivity index (χ0) is 21.6. The number of halogens is 1. The summed E-state index contributed by atoms with van der Waals surface area (Å²) in [4.78, 5) is 13.3. The van der Waals surface area contributed by atoms with E-state index in [9.17, 15) is 4.39 Å². The molecule has 2 aromatic carbocycles. The van der Waals surface area contributed by atoms with Crippen LogP contribution in [-0.2, 0) is 10.3 Å². The molecule has 5 rings (SSSR count). The first-order valence-electron chi connectivity index (χ1n) is 9.48. The molecule has 1 spiro atoms. The van der Waals surface area contributed by atoms with Crippen LogP contribution >= 0.6 is 0 Å². The monoisotopic (exact) mass is 416 g/mol. The molecule has 0 bridgehead atoms. The second kappa shape index (κ2) is 6.99. The first kappa shape index (κ1) is 18.9. The third-order valence-electron chi connectivity index (χ3n) is 5.25. The third-order valence-corrected chi connectivity index (χ3v) is 5.25. The fourth-order valence-electron chi connectivity index (χ4n) is 3.85. The van der Waals surface area contributed by atoms with Gasteiger partial charge in [0.15, 0.2) is 17.1 Å². The minimum absolute atomic E-state index is 0.0208. The Hall–Kier alpha value is -4.12. The fourth-order valence-corrected chi connectivity index (χ4v) is 3.85. The zero-order valence-electron chi connectivity index (χ0n) is 16.8. The van der Waals surface area contributed by atoms with Gasteiger partial charge in [-0.05, 0) is 37.1 Å². The maximum Gasteiger partial charge on any atom is 0.283 e. The molecule has 0 fully saturated rings. The first-order valence-corrected chi connectivity index (χ1v) is 9.48. The quantitative estimate of drug-likeness (QED) is 0.644. The molecular weight excluding hydrogens is 399 g/mol. The van der Waals surface area contributed by atoms with E-state index < -0.39 is 11.4 Å². The van der Waals surface area contributed by atoms with Crippen molar-refractivity contribution in [1.29, 1.82) is 0 Å². The van der Waals surface area contributed by atoms with E-state index in [0.717, 1.165) is 5.56 Å². The Bertz CT molecular complexity index is 1310. The number of fused-ring (bicyclic) bond motifs is 4. The molecule has 3 aromatic rings. The predicted octanol–water partition coefficient (Wildman–Crippen LogP) is 3.36. The molecule has 8 heteroatoms. The molecule has 31 heavy (non-hydrogen) atoms. The number of hydrogen-bond acceptors (Lipinski definition) is 7. The van der Waals surface area contributed by atoms with Crippen LogP contribution in [0.1, 0.15) is 23.7 Å². The van der Waals surface area contributed by atoms with E-state index in [1.807, 2.05) is 12.1 Å². The van der Waals surface area contributed by atoms with Crippen LogP contribution in [0.4, 0.5) is 4.39 Å². The Balaban J connectivity index is 1.72. The van der Waals surface area contributed by atoms with E-state index in [1.54, 1.807) is 31.5 Å². The number of aliphatic imine (C=N–C) groups is 1. The van der Waals surface area contributed by atoms with Crippen LogP contribution in [-0.4, -0.2) is 29.7 Å². The van der Waals surface area contributed by atoms with Crippen molar-refractivity contribution >= 4 is 6.02 Å². The van der Waals surface area contributed by atoms with E-state index in [0.29, 0.717) is 34.0 Å². The van der Waals surface area contributed by atoms with Gasteiger partial charge < -0.3 is 19.9 Å². The summed E-state index contributed by atoms with van der Waals surface area (Å²) >= 11 is 0. The van der Waals surface area contributed by atoms with Crippen LogP contribution in [0.15, 0.2) is 47.7 Å². The molecule has 2 aliphatic heterocycles. The lowest BCUT2D eigenvalue weighted by Crippen LogP contribution is -2.31. The Morgan fingerprint density at radius 1 is 1.19 bits per heavy atom. The van der Waals surface area contributed by atoms with Crippen molar-refractivity contribution in [2.75, 3.05) is 13.7 Å². The van der Waals surface area contributed by atoms with E-state index in [1.165, 1.54) is 13.2 Å². The average Bonchev–Trinajstić information content (AvgIpc) is 3.17. The third kappa shape index (κ3) is 2.94. The molecular formula is C23H17FN4O3. The van der Waals surface area contributed by atoms with Crippen molar-refractivity contribution in [3.8, 4) is 40.3 Å². The summed E-state index contributed by atoms with van der Waals surface area (Å²) in [5.41, 5.74) is 7.95. The number of hydrogen-bond donors (Lipinski definition) is 1.